The molecule has 30 heavy (non-hydrogen) atoms. The number of aromatic hydroxyl groups is 1. The molecule has 3 aromatic rings. The third kappa shape index (κ3) is 3.10. The summed E-state index contributed by atoms with van der Waals surface area (Å²) < 4.78 is 0. The molecule has 6 heteroatoms. The number of amides is 1. The van der Waals surface area contributed by atoms with Crippen molar-refractivity contribution >= 4 is 34.1 Å². The molecule has 3 aromatic carbocycles. The molecule has 0 unspecified atom stereocenters. The Balaban J connectivity index is 1.75. The smallest absolute Gasteiger partial charge is 0.272 e. The fraction of sp³-hybridized carbons (Fsp3) is 0.208. The number of rotatable bonds is 3. The maximum Gasteiger partial charge on any atom is 0.272 e. The predicted octanol–water partition coefficient (Wildman–Crippen LogP) is 5.32. The first-order valence-electron chi connectivity index (χ1n) is 9.78. The lowest BCUT2D eigenvalue weighted by molar-refractivity contribution is -0.385. The van der Waals surface area contributed by atoms with Crippen LogP contribution in [0.3, 0.4) is 0 Å². The van der Waals surface area contributed by atoms with Crippen LogP contribution in [0.25, 0.3) is 16.8 Å². The second-order valence-corrected chi connectivity index (χ2v) is 7.77. The SMILES string of the molecule is C/C(=C\c1cccc([N+](=O)[O-])c1C)C(=O)N1C[C@@H](C)c2c1cc(O)c1ccccc21. The average molecular weight is 402 g/mol. The van der Waals surface area contributed by atoms with E-state index in [2.05, 4.69) is 6.92 Å². The van der Waals surface area contributed by atoms with E-state index in [0.29, 0.717) is 28.9 Å². The van der Waals surface area contributed by atoms with Gasteiger partial charge in [0.25, 0.3) is 11.6 Å². The van der Waals surface area contributed by atoms with E-state index in [1.54, 1.807) is 43.0 Å². The largest absolute Gasteiger partial charge is 0.507 e. The minimum atomic E-state index is -0.421. The van der Waals surface area contributed by atoms with Crippen molar-refractivity contribution in [1.82, 2.24) is 0 Å². The van der Waals surface area contributed by atoms with E-state index in [9.17, 15) is 20.0 Å². The highest BCUT2D eigenvalue weighted by molar-refractivity contribution is 6.11. The Morgan fingerprint density at radius 2 is 1.90 bits per heavy atom. The molecule has 6 nitrogen and oxygen atoms in total. The van der Waals surface area contributed by atoms with Gasteiger partial charge in [0, 0.05) is 41.1 Å². The van der Waals surface area contributed by atoms with Gasteiger partial charge >= 0.3 is 0 Å². The second-order valence-electron chi connectivity index (χ2n) is 7.77. The van der Waals surface area contributed by atoms with Crippen LogP contribution in [-0.4, -0.2) is 22.5 Å². The number of phenols is 1. The quantitative estimate of drug-likeness (QED) is 0.365. The molecule has 1 atom stereocenters. The summed E-state index contributed by atoms with van der Waals surface area (Å²) in [5, 5.41) is 23.4. The molecule has 0 aliphatic carbocycles. The Bertz CT molecular complexity index is 1230. The third-order valence-corrected chi connectivity index (χ3v) is 5.78. The number of fused-ring (bicyclic) bond motifs is 3. The van der Waals surface area contributed by atoms with Gasteiger partial charge in [0.2, 0.25) is 0 Å². The van der Waals surface area contributed by atoms with Gasteiger partial charge in [-0.15, -0.1) is 0 Å². The lowest BCUT2D eigenvalue weighted by atomic mass is 9.95. The van der Waals surface area contributed by atoms with Crippen molar-refractivity contribution in [2.24, 2.45) is 0 Å². The molecule has 0 spiro atoms. The van der Waals surface area contributed by atoms with Crippen LogP contribution in [0.4, 0.5) is 11.4 Å². The first kappa shape index (κ1) is 19.6. The molecule has 0 aromatic heterocycles. The highest BCUT2D eigenvalue weighted by Crippen LogP contribution is 2.45. The van der Waals surface area contributed by atoms with Gasteiger partial charge in [0.05, 0.1) is 10.6 Å². The molecule has 1 N–H and O–H groups in total. The number of hydrogen-bond acceptors (Lipinski definition) is 4. The Hall–Kier alpha value is -3.67. The summed E-state index contributed by atoms with van der Waals surface area (Å²) in [6, 6.07) is 14.1. The number of benzene rings is 3. The Morgan fingerprint density at radius 3 is 2.60 bits per heavy atom. The normalized spacial score (nSPS) is 16.0. The van der Waals surface area contributed by atoms with Gasteiger partial charge in [-0.25, -0.2) is 0 Å². The average Bonchev–Trinajstić information content (AvgIpc) is 3.05. The monoisotopic (exact) mass is 402 g/mol. The summed E-state index contributed by atoms with van der Waals surface area (Å²) in [6.45, 7) is 5.98. The van der Waals surface area contributed by atoms with Crippen LogP contribution in [0.15, 0.2) is 54.1 Å². The van der Waals surface area contributed by atoms with Crippen molar-refractivity contribution in [1.29, 1.82) is 0 Å². The van der Waals surface area contributed by atoms with Gasteiger partial charge in [0.1, 0.15) is 5.75 Å². The summed E-state index contributed by atoms with van der Waals surface area (Å²) in [5.41, 5.74) is 3.44. The molecule has 1 heterocycles. The number of nitro benzene ring substituents is 1. The first-order chi connectivity index (χ1) is 14.3. The van der Waals surface area contributed by atoms with Crippen LogP contribution in [0.5, 0.6) is 5.75 Å². The van der Waals surface area contributed by atoms with Crippen molar-refractivity contribution in [3.63, 3.8) is 0 Å². The van der Waals surface area contributed by atoms with Crippen molar-refractivity contribution in [2.45, 2.75) is 26.7 Å². The topological polar surface area (TPSA) is 83.7 Å². The zero-order chi connectivity index (χ0) is 21.6. The fourth-order valence-electron chi connectivity index (χ4n) is 4.26. The number of nitrogens with zero attached hydrogens (tertiary/aromatic N) is 2. The van der Waals surface area contributed by atoms with E-state index >= 15 is 0 Å². The lowest BCUT2D eigenvalue weighted by Crippen LogP contribution is -2.30. The number of hydrogen-bond donors (Lipinski definition) is 1. The Morgan fingerprint density at radius 1 is 1.20 bits per heavy atom. The molecule has 0 saturated carbocycles. The summed E-state index contributed by atoms with van der Waals surface area (Å²) >= 11 is 0. The fourth-order valence-corrected chi connectivity index (χ4v) is 4.26. The van der Waals surface area contributed by atoms with Gasteiger partial charge < -0.3 is 10.0 Å². The van der Waals surface area contributed by atoms with Crippen molar-refractivity contribution in [3.8, 4) is 5.75 Å². The molecule has 1 amide bonds. The summed E-state index contributed by atoms with van der Waals surface area (Å²) in [7, 11) is 0. The second kappa shape index (κ2) is 7.30. The van der Waals surface area contributed by atoms with Crippen LogP contribution in [-0.2, 0) is 4.79 Å². The first-order valence-corrected chi connectivity index (χ1v) is 9.78. The van der Waals surface area contributed by atoms with Gasteiger partial charge in [0.15, 0.2) is 0 Å². The predicted molar refractivity (Wildman–Crippen MR) is 118 cm³/mol. The maximum atomic E-state index is 13.3. The maximum absolute atomic E-state index is 13.3. The molecular formula is C24H22N2O4. The molecule has 152 valence electrons. The van der Waals surface area contributed by atoms with Crippen molar-refractivity contribution in [3.05, 3.63) is 80.9 Å². The molecule has 1 aliphatic heterocycles. The van der Waals surface area contributed by atoms with Crippen LogP contribution >= 0.6 is 0 Å². The van der Waals surface area contributed by atoms with E-state index in [1.807, 2.05) is 24.3 Å². The van der Waals surface area contributed by atoms with Gasteiger partial charge in [-0.3, -0.25) is 14.9 Å². The van der Waals surface area contributed by atoms with E-state index in [0.717, 1.165) is 16.3 Å². The minimum Gasteiger partial charge on any atom is -0.507 e. The molecule has 0 radical (unpaired) electrons. The standard InChI is InChI=1S/C24H22N2O4/c1-14(11-17-7-6-10-20(16(17)3)26(29)30)24(28)25-13-15(2)23-19-9-5-4-8-18(19)22(27)12-21(23)25/h4-12,15,27H,13H2,1-3H3/b14-11+/t15-/m1/s1. The van der Waals surface area contributed by atoms with Gasteiger partial charge in [-0.2, -0.15) is 0 Å². The number of carbonyl (C=O) groups excluding carboxylic acids is 1. The van der Waals surface area contributed by atoms with Crippen LogP contribution in [0, 0.1) is 17.0 Å². The summed E-state index contributed by atoms with van der Waals surface area (Å²) in [5.74, 6) is 0.0930. The summed E-state index contributed by atoms with van der Waals surface area (Å²) in [4.78, 5) is 25.7. The molecule has 1 aliphatic rings. The number of carbonyl (C=O) groups is 1. The van der Waals surface area contributed by atoms with E-state index < -0.39 is 4.92 Å². The zero-order valence-electron chi connectivity index (χ0n) is 17.0. The molecule has 4 rings (SSSR count). The van der Waals surface area contributed by atoms with E-state index in [-0.39, 0.29) is 23.3 Å². The van der Waals surface area contributed by atoms with Crippen LogP contribution < -0.4 is 4.90 Å². The van der Waals surface area contributed by atoms with Crippen LogP contribution in [0.1, 0.15) is 36.5 Å². The van der Waals surface area contributed by atoms with Gasteiger partial charge in [-0.1, -0.05) is 43.3 Å². The number of phenolic OH excluding ortho intramolecular Hbond substituents is 1. The lowest BCUT2D eigenvalue weighted by Gasteiger charge is -2.19. The highest BCUT2D eigenvalue weighted by Gasteiger charge is 2.32. The minimum absolute atomic E-state index is 0.0283. The van der Waals surface area contributed by atoms with Crippen molar-refractivity contribution in [2.75, 3.05) is 11.4 Å². The highest BCUT2D eigenvalue weighted by atomic mass is 16.6. The van der Waals surface area contributed by atoms with E-state index in [1.165, 1.54) is 6.07 Å². The Kier molecular flexibility index (Phi) is 4.78. The number of nitro groups is 1. The molecule has 0 fully saturated rings. The molecule has 0 bridgehead atoms. The molecule has 0 saturated heterocycles. The van der Waals surface area contributed by atoms with Crippen LogP contribution in [0.2, 0.25) is 0 Å². The number of anilines is 1. The van der Waals surface area contributed by atoms with Crippen molar-refractivity contribution < 1.29 is 14.8 Å². The van der Waals surface area contributed by atoms with E-state index in [4.69, 9.17) is 0 Å². The zero-order valence-corrected chi connectivity index (χ0v) is 17.0. The third-order valence-electron chi connectivity index (χ3n) is 5.78. The summed E-state index contributed by atoms with van der Waals surface area (Å²) in [6.07, 6.45) is 1.69. The van der Waals surface area contributed by atoms with Gasteiger partial charge in [-0.05, 0) is 36.4 Å². The Labute approximate surface area is 174 Å². The molecular weight excluding hydrogens is 380 g/mol.